The molecular formula is C14H24N2O2. The highest BCUT2D eigenvalue weighted by molar-refractivity contribution is 5.84. The quantitative estimate of drug-likeness (QED) is 0.831. The summed E-state index contributed by atoms with van der Waals surface area (Å²) in [5, 5.41) is 2.81. The molecular weight excluding hydrogens is 228 g/mol. The average Bonchev–Trinajstić information content (AvgIpc) is 2.41. The SMILES string of the molecule is CCN(C(=O)C1CCC(=O)NC1)C1CCCCC1. The molecule has 2 amide bonds. The minimum absolute atomic E-state index is 0.00424. The van der Waals surface area contributed by atoms with E-state index in [1.54, 1.807) is 0 Å². The molecule has 2 aliphatic rings. The Morgan fingerprint density at radius 2 is 2.00 bits per heavy atom. The molecule has 0 radical (unpaired) electrons. The topological polar surface area (TPSA) is 49.4 Å². The van der Waals surface area contributed by atoms with Crippen molar-refractivity contribution in [3.63, 3.8) is 0 Å². The molecule has 0 aromatic heterocycles. The van der Waals surface area contributed by atoms with E-state index in [0.29, 0.717) is 25.4 Å². The van der Waals surface area contributed by atoms with Crippen molar-refractivity contribution in [2.75, 3.05) is 13.1 Å². The number of piperidine rings is 1. The van der Waals surface area contributed by atoms with Crippen molar-refractivity contribution in [2.45, 2.75) is 57.9 Å². The van der Waals surface area contributed by atoms with Crippen LogP contribution < -0.4 is 5.32 Å². The van der Waals surface area contributed by atoms with Crippen LogP contribution in [0.1, 0.15) is 51.9 Å². The van der Waals surface area contributed by atoms with Crippen LogP contribution in [0, 0.1) is 5.92 Å². The minimum Gasteiger partial charge on any atom is -0.355 e. The molecule has 0 bridgehead atoms. The van der Waals surface area contributed by atoms with Crippen LogP contribution in [-0.2, 0) is 9.59 Å². The second-order valence-electron chi connectivity index (χ2n) is 5.46. The Bertz CT molecular complexity index is 301. The number of rotatable bonds is 3. The average molecular weight is 252 g/mol. The van der Waals surface area contributed by atoms with E-state index in [2.05, 4.69) is 17.1 Å². The van der Waals surface area contributed by atoms with Crippen molar-refractivity contribution < 1.29 is 9.59 Å². The van der Waals surface area contributed by atoms with E-state index in [1.807, 2.05) is 0 Å². The largest absolute Gasteiger partial charge is 0.355 e. The number of nitrogens with one attached hydrogen (secondary N) is 1. The van der Waals surface area contributed by atoms with Crippen LogP contribution >= 0.6 is 0 Å². The third-order valence-electron chi connectivity index (χ3n) is 4.25. The molecule has 4 heteroatoms. The standard InChI is InChI=1S/C14H24N2O2/c1-2-16(12-6-4-3-5-7-12)14(18)11-8-9-13(17)15-10-11/h11-12H,2-10H2,1H3,(H,15,17). The first-order chi connectivity index (χ1) is 8.72. The fourth-order valence-corrected chi connectivity index (χ4v) is 3.16. The lowest BCUT2D eigenvalue weighted by Crippen LogP contribution is -2.48. The number of carbonyl (C=O) groups is 2. The van der Waals surface area contributed by atoms with Gasteiger partial charge < -0.3 is 10.2 Å². The zero-order chi connectivity index (χ0) is 13.0. The van der Waals surface area contributed by atoms with Crippen LogP contribution in [-0.4, -0.2) is 35.8 Å². The first-order valence-corrected chi connectivity index (χ1v) is 7.29. The molecule has 4 nitrogen and oxygen atoms in total. The predicted octanol–water partition coefficient (Wildman–Crippen LogP) is 1.69. The summed E-state index contributed by atoms with van der Waals surface area (Å²) in [5.74, 6) is 0.341. The summed E-state index contributed by atoms with van der Waals surface area (Å²) < 4.78 is 0. The number of hydrogen-bond acceptors (Lipinski definition) is 2. The van der Waals surface area contributed by atoms with Gasteiger partial charge in [0.05, 0.1) is 5.92 Å². The molecule has 1 N–H and O–H groups in total. The molecule has 1 saturated carbocycles. The van der Waals surface area contributed by atoms with Gasteiger partial charge in [-0.05, 0) is 26.2 Å². The Balaban J connectivity index is 1.94. The van der Waals surface area contributed by atoms with Crippen LogP contribution in [0.25, 0.3) is 0 Å². The van der Waals surface area contributed by atoms with Crippen LogP contribution in [0.3, 0.4) is 0 Å². The maximum absolute atomic E-state index is 12.5. The van der Waals surface area contributed by atoms with Gasteiger partial charge in [0, 0.05) is 25.6 Å². The van der Waals surface area contributed by atoms with Crippen LogP contribution in [0.5, 0.6) is 0 Å². The van der Waals surface area contributed by atoms with Gasteiger partial charge in [-0.15, -0.1) is 0 Å². The second kappa shape index (κ2) is 6.21. The smallest absolute Gasteiger partial charge is 0.227 e. The lowest BCUT2D eigenvalue weighted by Gasteiger charge is -2.36. The fraction of sp³-hybridized carbons (Fsp3) is 0.857. The number of amides is 2. The zero-order valence-corrected chi connectivity index (χ0v) is 11.3. The molecule has 102 valence electrons. The summed E-state index contributed by atoms with van der Waals surface area (Å²) in [5.41, 5.74) is 0. The van der Waals surface area contributed by atoms with Crippen molar-refractivity contribution in [1.29, 1.82) is 0 Å². The third-order valence-corrected chi connectivity index (χ3v) is 4.25. The highest BCUT2D eigenvalue weighted by atomic mass is 16.2. The van der Waals surface area contributed by atoms with Gasteiger partial charge in [-0.1, -0.05) is 19.3 Å². The summed E-state index contributed by atoms with van der Waals surface area (Å²) >= 11 is 0. The molecule has 2 rings (SSSR count). The molecule has 0 spiro atoms. The Morgan fingerprint density at radius 1 is 1.28 bits per heavy atom. The molecule has 1 aliphatic carbocycles. The van der Waals surface area contributed by atoms with Gasteiger partial charge in [0.2, 0.25) is 11.8 Å². The van der Waals surface area contributed by atoms with Crippen LogP contribution in [0.2, 0.25) is 0 Å². The third kappa shape index (κ3) is 3.03. The molecule has 1 aliphatic heterocycles. The summed E-state index contributed by atoms with van der Waals surface area (Å²) in [6.45, 7) is 3.39. The Morgan fingerprint density at radius 3 is 2.56 bits per heavy atom. The van der Waals surface area contributed by atoms with Crippen LogP contribution in [0.15, 0.2) is 0 Å². The fourth-order valence-electron chi connectivity index (χ4n) is 3.16. The molecule has 1 unspecified atom stereocenters. The van der Waals surface area contributed by atoms with E-state index in [4.69, 9.17) is 0 Å². The summed E-state index contributed by atoms with van der Waals surface area (Å²) in [6, 6.07) is 0.439. The highest BCUT2D eigenvalue weighted by Gasteiger charge is 2.31. The molecule has 0 aromatic carbocycles. The van der Waals surface area contributed by atoms with E-state index >= 15 is 0 Å². The van der Waals surface area contributed by atoms with Crippen molar-refractivity contribution >= 4 is 11.8 Å². The Labute approximate surface area is 109 Å². The van der Waals surface area contributed by atoms with Gasteiger partial charge in [0.15, 0.2) is 0 Å². The van der Waals surface area contributed by atoms with E-state index < -0.39 is 0 Å². The molecule has 1 heterocycles. The van der Waals surface area contributed by atoms with Gasteiger partial charge in [-0.3, -0.25) is 9.59 Å². The maximum atomic E-state index is 12.5. The van der Waals surface area contributed by atoms with Crippen molar-refractivity contribution in [3.05, 3.63) is 0 Å². The molecule has 1 atom stereocenters. The Hall–Kier alpha value is -1.06. The second-order valence-corrected chi connectivity index (χ2v) is 5.46. The van der Waals surface area contributed by atoms with E-state index in [-0.39, 0.29) is 17.7 Å². The van der Waals surface area contributed by atoms with E-state index in [1.165, 1.54) is 19.3 Å². The molecule has 18 heavy (non-hydrogen) atoms. The normalized spacial score (nSPS) is 25.6. The first-order valence-electron chi connectivity index (χ1n) is 7.29. The van der Waals surface area contributed by atoms with Gasteiger partial charge in [-0.25, -0.2) is 0 Å². The van der Waals surface area contributed by atoms with Crippen LogP contribution in [0.4, 0.5) is 0 Å². The van der Waals surface area contributed by atoms with Gasteiger partial charge in [0.25, 0.3) is 0 Å². The Kier molecular flexibility index (Phi) is 4.61. The van der Waals surface area contributed by atoms with Gasteiger partial charge >= 0.3 is 0 Å². The van der Waals surface area contributed by atoms with Crippen molar-refractivity contribution in [1.82, 2.24) is 10.2 Å². The minimum atomic E-state index is 0.00424. The number of hydrogen-bond donors (Lipinski definition) is 1. The van der Waals surface area contributed by atoms with E-state index in [0.717, 1.165) is 19.4 Å². The van der Waals surface area contributed by atoms with Crippen molar-refractivity contribution in [3.8, 4) is 0 Å². The molecule has 1 saturated heterocycles. The number of nitrogens with zero attached hydrogens (tertiary/aromatic N) is 1. The lowest BCUT2D eigenvalue weighted by molar-refractivity contribution is -0.140. The summed E-state index contributed by atoms with van der Waals surface area (Å²) in [6.07, 6.45) is 7.32. The van der Waals surface area contributed by atoms with Gasteiger partial charge in [0.1, 0.15) is 0 Å². The maximum Gasteiger partial charge on any atom is 0.227 e. The lowest BCUT2D eigenvalue weighted by atomic mass is 9.91. The zero-order valence-electron chi connectivity index (χ0n) is 11.3. The van der Waals surface area contributed by atoms with E-state index in [9.17, 15) is 9.59 Å². The summed E-state index contributed by atoms with van der Waals surface area (Å²) in [7, 11) is 0. The molecule has 2 fully saturated rings. The monoisotopic (exact) mass is 252 g/mol. The highest BCUT2D eigenvalue weighted by Crippen LogP contribution is 2.25. The van der Waals surface area contributed by atoms with Gasteiger partial charge in [-0.2, -0.15) is 0 Å². The van der Waals surface area contributed by atoms with Crippen molar-refractivity contribution in [2.24, 2.45) is 5.92 Å². The number of carbonyl (C=O) groups excluding carboxylic acids is 2. The summed E-state index contributed by atoms with van der Waals surface area (Å²) in [4.78, 5) is 25.7. The predicted molar refractivity (Wildman–Crippen MR) is 70.0 cm³/mol. The first kappa shape index (κ1) is 13.4. The molecule has 0 aromatic rings.